The molecule has 41 heavy (non-hydrogen) atoms. The highest BCUT2D eigenvalue weighted by molar-refractivity contribution is 7.18. The van der Waals surface area contributed by atoms with Crippen LogP contribution in [0.4, 0.5) is 4.79 Å². The number of methoxy groups -OCH3 is 3. The van der Waals surface area contributed by atoms with Crippen molar-refractivity contribution < 1.29 is 23.7 Å². The number of thiazole rings is 1. The van der Waals surface area contributed by atoms with Gasteiger partial charge in [-0.15, -0.1) is 0 Å². The fraction of sp³-hybridized carbons (Fsp3) is 0.400. The van der Waals surface area contributed by atoms with Crippen LogP contribution in [-0.4, -0.2) is 53.4 Å². The molecule has 1 atom stereocenters. The highest BCUT2D eigenvalue weighted by Gasteiger charge is 2.49. The van der Waals surface area contributed by atoms with Crippen molar-refractivity contribution in [1.29, 1.82) is 0 Å². The van der Waals surface area contributed by atoms with Crippen molar-refractivity contribution in [2.24, 2.45) is 0 Å². The molecule has 0 N–H and O–H groups in total. The lowest BCUT2D eigenvalue weighted by Crippen LogP contribution is -2.31. The van der Waals surface area contributed by atoms with Gasteiger partial charge in [0, 0.05) is 25.3 Å². The van der Waals surface area contributed by atoms with E-state index in [1.165, 1.54) is 11.3 Å². The second-order valence-corrected chi connectivity index (χ2v) is 11.3. The van der Waals surface area contributed by atoms with Gasteiger partial charge in [0.25, 0.3) is 5.56 Å². The molecular formula is C30H32N4O6S. The smallest absolute Gasteiger partial charge is 0.410 e. The van der Waals surface area contributed by atoms with Crippen molar-refractivity contribution in [3.8, 4) is 11.5 Å². The van der Waals surface area contributed by atoms with Crippen LogP contribution in [0.15, 0.2) is 53.3 Å². The van der Waals surface area contributed by atoms with Crippen LogP contribution in [0.2, 0.25) is 0 Å². The third kappa shape index (κ3) is 5.15. The van der Waals surface area contributed by atoms with Gasteiger partial charge in [0.2, 0.25) is 0 Å². The highest BCUT2D eigenvalue weighted by atomic mass is 32.1. The van der Waals surface area contributed by atoms with E-state index in [1.54, 1.807) is 36.9 Å². The number of benzene rings is 2. The minimum Gasteiger partial charge on any atom is -0.497 e. The van der Waals surface area contributed by atoms with Gasteiger partial charge in [-0.25, -0.2) is 14.8 Å². The Hall–Kier alpha value is -3.96. The molecule has 2 fully saturated rings. The quantitative estimate of drug-likeness (QED) is 0.273. The lowest BCUT2D eigenvalue weighted by Gasteiger charge is -2.22. The molecule has 2 aliphatic rings. The van der Waals surface area contributed by atoms with Gasteiger partial charge >= 0.3 is 6.09 Å². The molecule has 3 heterocycles. The van der Waals surface area contributed by atoms with Crippen LogP contribution in [0.3, 0.4) is 0 Å². The van der Waals surface area contributed by atoms with Crippen molar-refractivity contribution in [2.45, 2.75) is 50.5 Å². The average molecular weight is 577 g/mol. The molecule has 2 aromatic heterocycles. The Labute approximate surface area is 241 Å². The molecule has 1 saturated heterocycles. The molecule has 1 aliphatic heterocycles. The van der Waals surface area contributed by atoms with E-state index in [0.717, 1.165) is 36.8 Å². The zero-order valence-electron chi connectivity index (χ0n) is 23.3. The van der Waals surface area contributed by atoms with Crippen LogP contribution in [0.1, 0.15) is 53.7 Å². The number of carbonyl (C=O) groups is 1. The topological polar surface area (TPSA) is 105 Å². The monoisotopic (exact) mass is 576 g/mol. The number of nitrogens with zero attached hydrogens (tertiary/aromatic N) is 4. The average Bonchev–Trinajstić information content (AvgIpc) is 3.43. The predicted octanol–water partition coefficient (Wildman–Crippen LogP) is 5.03. The van der Waals surface area contributed by atoms with E-state index in [2.05, 4.69) is 0 Å². The molecule has 10 nitrogen and oxygen atoms in total. The second kappa shape index (κ2) is 11.1. The van der Waals surface area contributed by atoms with Gasteiger partial charge in [-0.2, -0.15) is 0 Å². The maximum atomic E-state index is 14.0. The van der Waals surface area contributed by atoms with Crippen LogP contribution in [0.25, 0.3) is 10.3 Å². The van der Waals surface area contributed by atoms with Crippen LogP contribution in [0, 0.1) is 0 Å². The first-order valence-electron chi connectivity index (χ1n) is 13.6. The zero-order chi connectivity index (χ0) is 28.6. The van der Waals surface area contributed by atoms with Gasteiger partial charge in [-0.1, -0.05) is 41.7 Å². The van der Waals surface area contributed by atoms with Crippen LogP contribution >= 0.6 is 11.3 Å². The molecule has 6 rings (SSSR count). The molecule has 0 radical (unpaired) electrons. The van der Waals surface area contributed by atoms with E-state index in [-0.39, 0.29) is 36.4 Å². The molecular weight excluding hydrogens is 544 g/mol. The highest BCUT2D eigenvalue weighted by Crippen LogP contribution is 2.48. The summed E-state index contributed by atoms with van der Waals surface area (Å²) in [5.74, 6) is 1.85. The van der Waals surface area contributed by atoms with Crippen molar-refractivity contribution >= 4 is 27.8 Å². The van der Waals surface area contributed by atoms with Crippen molar-refractivity contribution in [3.05, 3.63) is 80.8 Å². The van der Waals surface area contributed by atoms with E-state index in [9.17, 15) is 9.59 Å². The predicted molar refractivity (Wildman–Crippen MR) is 154 cm³/mol. The number of carbonyl (C=O) groups excluding carboxylic acids is 1. The van der Waals surface area contributed by atoms with E-state index < -0.39 is 5.60 Å². The standard InChI is InChI=1S/C30H32N4O6S/c1-37-21-12-11-20(23(16-21)38-2)17-34-27(35)24-26(32-28(34)30(39-3)13-14-30)41-25(31-24)22-10-7-15-33(22)29(36)40-18-19-8-5-4-6-9-19/h4-6,8-9,11-12,16,22H,7,10,13-15,17-18H2,1-3H3/t22-/m1/s1. The van der Waals surface area contributed by atoms with E-state index >= 15 is 0 Å². The number of ether oxygens (including phenoxy) is 4. The lowest BCUT2D eigenvalue weighted by molar-refractivity contribution is 0.0672. The summed E-state index contributed by atoms with van der Waals surface area (Å²) in [7, 11) is 4.84. The Kier molecular flexibility index (Phi) is 7.39. The van der Waals surface area contributed by atoms with E-state index in [1.807, 2.05) is 42.5 Å². The summed E-state index contributed by atoms with van der Waals surface area (Å²) >= 11 is 1.36. The lowest BCUT2D eigenvalue weighted by atomic mass is 10.1. The Balaban J connectivity index is 1.34. The van der Waals surface area contributed by atoms with Gasteiger partial charge in [0.15, 0.2) is 10.3 Å². The first-order valence-corrected chi connectivity index (χ1v) is 14.4. The number of rotatable bonds is 9. The Morgan fingerprint density at radius 3 is 2.59 bits per heavy atom. The maximum Gasteiger partial charge on any atom is 0.410 e. The normalized spacial score (nSPS) is 17.5. The molecule has 2 aromatic carbocycles. The van der Waals surface area contributed by atoms with E-state index in [0.29, 0.717) is 33.7 Å². The first-order chi connectivity index (χ1) is 20.0. The summed E-state index contributed by atoms with van der Waals surface area (Å²) < 4.78 is 24.1. The van der Waals surface area contributed by atoms with Crippen molar-refractivity contribution in [3.63, 3.8) is 0 Å². The largest absolute Gasteiger partial charge is 0.497 e. The SMILES string of the molecule is COc1ccc(Cn2c(C3(OC)CC3)nc3sc([C@H]4CCCN4C(=O)OCc4ccccc4)nc3c2=O)c(OC)c1. The summed E-state index contributed by atoms with van der Waals surface area (Å²) in [5.41, 5.74) is 1.16. The third-order valence-corrected chi connectivity index (χ3v) is 8.89. The van der Waals surface area contributed by atoms with Crippen molar-refractivity contribution in [2.75, 3.05) is 27.9 Å². The Morgan fingerprint density at radius 1 is 1.07 bits per heavy atom. The van der Waals surface area contributed by atoms with Crippen LogP contribution in [0.5, 0.6) is 11.5 Å². The molecule has 214 valence electrons. The molecule has 4 aromatic rings. The molecule has 1 saturated carbocycles. The van der Waals surface area contributed by atoms with E-state index in [4.69, 9.17) is 28.9 Å². The van der Waals surface area contributed by atoms with Crippen LogP contribution < -0.4 is 15.0 Å². The molecule has 1 aliphatic carbocycles. The van der Waals surface area contributed by atoms with Gasteiger partial charge in [-0.3, -0.25) is 14.3 Å². The van der Waals surface area contributed by atoms with Gasteiger partial charge < -0.3 is 18.9 Å². The van der Waals surface area contributed by atoms with Gasteiger partial charge in [0.1, 0.15) is 34.5 Å². The zero-order valence-corrected chi connectivity index (χ0v) is 24.1. The Bertz CT molecular complexity index is 1630. The van der Waals surface area contributed by atoms with Gasteiger partial charge in [0.05, 0.1) is 26.8 Å². The molecule has 0 bridgehead atoms. The molecule has 0 unspecified atom stereocenters. The summed E-state index contributed by atoms with van der Waals surface area (Å²) in [6.07, 6.45) is 2.73. The Morgan fingerprint density at radius 2 is 1.88 bits per heavy atom. The molecule has 1 amide bonds. The fourth-order valence-corrected chi connectivity index (χ4v) is 6.47. The molecule has 11 heteroatoms. The summed E-state index contributed by atoms with van der Waals surface area (Å²) in [6.45, 7) is 1.01. The molecule has 0 spiro atoms. The third-order valence-electron chi connectivity index (χ3n) is 7.84. The number of fused-ring (bicyclic) bond motifs is 1. The van der Waals surface area contributed by atoms with Crippen molar-refractivity contribution in [1.82, 2.24) is 19.4 Å². The number of likely N-dealkylation sites (tertiary alicyclic amines) is 1. The number of aromatic nitrogens is 3. The summed E-state index contributed by atoms with van der Waals surface area (Å²) in [4.78, 5) is 39.0. The minimum atomic E-state index is -0.613. The summed E-state index contributed by atoms with van der Waals surface area (Å²) in [6, 6.07) is 14.8. The first kappa shape index (κ1) is 27.2. The number of hydrogen-bond acceptors (Lipinski definition) is 9. The maximum absolute atomic E-state index is 14.0. The van der Waals surface area contributed by atoms with Crippen LogP contribution in [-0.2, 0) is 28.2 Å². The number of amides is 1. The second-order valence-electron chi connectivity index (χ2n) is 10.3. The minimum absolute atomic E-state index is 0.201. The number of hydrogen-bond donors (Lipinski definition) is 0. The van der Waals surface area contributed by atoms with Gasteiger partial charge in [-0.05, 0) is 43.4 Å². The summed E-state index contributed by atoms with van der Waals surface area (Å²) in [5, 5.41) is 0.687. The fourth-order valence-electron chi connectivity index (χ4n) is 5.39.